The number of benzene rings is 2. The number of para-hydroxylation sites is 1. The number of rotatable bonds is 5. The number of halogens is 2. The molecule has 0 aliphatic carbocycles. The lowest BCUT2D eigenvalue weighted by molar-refractivity contribution is -0.120. The average molecular weight is 361 g/mol. The fourth-order valence-electron chi connectivity index (χ4n) is 2.37. The van der Waals surface area contributed by atoms with Crippen LogP contribution in [0.5, 0.6) is 0 Å². The average Bonchev–Trinajstić information content (AvgIpc) is 2.99. The summed E-state index contributed by atoms with van der Waals surface area (Å²) in [6.45, 7) is 2.19. The molecule has 0 saturated heterocycles. The van der Waals surface area contributed by atoms with Crippen molar-refractivity contribution in [2.24, 2.45) is 0 Å². The van der Waals surface area contributed by atoms with Crippen molar-refractivity contribution in [3.8, 4) is 0 Å². The van der Waals surface area contributed by atoms with Gasteiger partial charge in [-0.25, -0.2) is 13.8 Å². The lowest BCUT2D eigenvalue weighted by Gasteiger charge is -2.23. The van der Waals surface area contributed by atoms with E-state index in [0.717, 1.165) is 33.4 Å². The van der Waals surface area contributed by atoms with E-state index >= 15 is 0 Å². The fourth-order valence-corrected chi connectivity index (χ4v) is 3.40. The highest BCUT2D eigenvalue weighted by atomic mass is 32.1. The predicted molar refractivity (Wildman–Crippen MR) is 95.5 cm³/mol. The predicted octanol–water partition coefficient (Wildman–Crippen LogP) is 4.03. The van der Waals surface area contributed by atoms with Gasteiger partial charge in [0, 0.05) is 6.07 Å². The van der Waals surface area contributed by atoms with Crippen LogP contribution >= 0.6 is 11.3 Å². The Kier molecular flexibility index (Phi) is 5.06. The Bertz CT molecular complexity index is 879. The molecule has 25 heavy (non-hydrogen) atoms. The molecule has 1 unspecified atom stereocenters. The van der Waals surface area contributed by atoms with Crippen LogP contribution in [0.4, 0.5) is 14.5 Å². The zero-order valence-corrected chi connectivity index (χ0v) is 14.6. The van der Waals surface area contributed by atoms with Crippen molar-refractivity contribution in [3.05, 3.63) is 59.1 Å². The maximum atomic E-state index is 13.7. The molecule has 4 nitrogen and oxygen atoms in total. The summed E-state index contributed by atoms with van der Waals surface area (Å²) in [6.07, 6.45) is 0. The first-order valence-electron chi connectivity index (χ1n) is 7.74. The van der Waals surface area contributed by atoms with Gasteiger partial charge in [-0.1, -0.05) is 12.1 Å². The molecule has 0 bridgehead atoms. The standard InChI is InChI=1S/C18H17F2N3OS/c1-11(18(24)22-15-9-12(19)7-8-13(15)20)23(2)10-17-21-14-5-3-4-6-16(14)25-17/h3-9,11H,10H2,1-2H3,(H,22,24). The Morgan fingerprint density at radius 2 is 2.04 bits per heavy atom. The van der Waals surface area contributed by atoms with Crippen LogP contribution in [0, 0.1) is 11.6 Å². The Labute approximate surface area is 148 Å². The highest BCUT2D eigenvalue weighted by Crippen LogP contribution is 2.23. The molecule has 1 atom stereocenters. The van der Waals surface area contributed by atoms with Crippen LogP contribution < -0.4 is 5.32 Å². The minimum atomic E-state index is -0.671. The molecule has 1 N–H and O–H groups in total. The summed E-state index contributed by atoms with van der Waals surface area (Å²) >= 11 is 1.57. The molecule has 0 radical (unpaired) electrons. The van der Waals surface area contributed by atoms with Crippen molar-refractivity contribution in [2.45, 2.75) is 19.5 Å². The van der Waals surface area contributed by atoms with Gasteiger partial charge in [-0.2, -0.15) is 0 Å². The van der Waals surface area contributed by atoms with Crippen molar-refractivity contribution in [2.75, 3.05) is 12.4 Å². The van der Waals surface area contributed by atoms with E-state index in [1.807, 2.05) is 29.2 Å². The minimum Gasteiger partial charge on any atom is -0.322 e. The second-order valence-corrected chi connectivity index (χ2v) is 6.90. The normalized spacial score (nSPS) is 12.5. The van der Waals surface area contributed by atoms with E-state index in [0.29, 0.717) is 6.54 Å². The quantitative estimate of drug-likeness (QED) is 0.746. The summed E-state index contributed by atoms with van der Waals surface area (Å²) < 4.78 is 28.0. The third-order valence-corrected chi connectivity index (χ3v) is 4.97. The van der Waals surface area contributed by atoms with Gasteiger partial charge in [0.15, 0.2) is 0 Å². The Balaban J connectivity index is 1.67. The number of aromatic nitrogens is 1. The van der Waals surface area contributed by atoms with Crippen LogP contribution in [0.25, 0.3) is 10.2 Å². The molecule has 0 aliphatic rings. The molecule has 2 aromatic carbocycles. The SMILES string of the molecule is CC(C(=O)Nc1cc(F)ccc1F)N(C)Cc1nc2ccccc2s1. The number of likely N-dealkylation sites (N-methyl/N-ethyl adjacent to an activating group) is 1. The molecule has 0 fully saturated rings. The van der Waals surface area contributed by atoms with Crippen LogP contribution in [-0.4, -0.2) is 28.9 Å². The lowest BCUT2D eigenvalue weighted by atomic mass is 10.2. The second kappa shape index (κ2) is 7.25. The summed E-state index contributed by atoms with van der Waals surface area (Å²) in [5, 5.41) is 3.32. The number of hydrogen-bond donors (Lipinski definition) is 1. The van der Waals surface area contributed by atoms with E-state index in [9.17, 15) is 13.6 Å². The molecule has 1 heterocycles. The first-order valence-corrected chi connectivity index (χ1v) is 8.56. The smallest absolute Gasteiger partial charge is 0.241 e. The van der Waals surface area contributed by atoms with Crippen molar-refractivity contribution in [1.29, 1.82) is 0 Å². The van der Waals surface area contributed by atoms with Gasteiger partial charge in [-0.3, -0.25) is 9.69 Å². The number of carbonyl (C=O) groups excluding carboxylic acids is 1. The van der Waals surface area contributed by atoms with Crippen LogP contribution in [0.1, 0.15) is 11.9 Å². The Hall–Kier alpha value is -2.38. The largest absolute Gasteiger partial charge is 0.322 e. The van der Waals surface area contributed by atoms with Crippen LogP contribution in [-0.2, 0) is 11.3 Å². The van der Waals surface area contributed by atoms with Crippen molar-refractivity contribution in [3.63, 3.8) is 0 Å². The van der Waals surface area contributed by atoms with Gasteiger partial charge in [-0.15, -0.1) is 11.3 Å². The Morgan fingerprint density at radius 1 is 1.28 bits per heavy atom. The summed E-state index contributed by atoms with van der Waals surface area (Å²) in [5.74, 6) is -1.68. The number of thiazole rings is 1. The van der Waals surface area contributed by atoms with Crippen LogP contribution in [0.2, 0.25) is 0 Å². The molecular formula is C18H17F2N3OS. The molecule has 7 heteroatoms. The van der Waals surface area contributed by atoms with Crippen LogP contribution in [0.3, 0.4) is 0 Å². The summed E-state index contributed by atoms with van der Waals surface area (Å²) in [5.41, 5.74) is 0.764. The van der Waals surface area contributed by atoms with Gasteiger partial charge in [0.1, 0.15) is 16.6 Å². The van der Waals surface area contributed by atoms with Crippen molar-refractivity contribution in [1.82, 2.24) is 9.88 Å². The van der Waals surface area contributed by atoms with Crippen molar-refractivity contribution < 1.29 is 13.6 Å². The number of amides is 1. The van der Waals surface area contributed by atoms with E-state index in [1.165, 1.54) is 0 Å². The summed E-state index contributed by atoms with van der Waals surface area (Å²) in [4.78, 5) is 18.7. The van der Waals surface area contributed by atoms with E-state index in [2.05, 4.69) is 10.3 Å². The van der Waals surface area contributed by atoms with E-state index in [-0.39, 0.29) is 5.69 Å². The number of carbonyl (C=O) groups is 1. The Morgan fingerprint density at radius 3 is 2.80 bits per heavy atom. The number of nitrogens with zero attached hydrogens (tertiary/aromatic N) is 2. The summed E-state index contributed by atoms with van der Waals surface area (Å²) in [7, 11) is 1.79. The third-order valence-electron chi connectivity index (χ3n) is 3.95. The molecule has 0 saturated carbocycles. The maximum Gasteiger partial charge on any atom is 0.241 e. The molecular weight excluding hydrogens is 344 g/mol. The van der Waals surface area contributed by atoms with Gasteiger partial charge < -0.3 is 5.32 Å². The highest BCUT2D eigenvalue weighted by Gasteiger charge is 2.20. The molecule has 1 aromatic heterocycles. The zero-order valence-electron chi connectivity index (χ0n) is 13.8. The summed E-state index contributed by atoms with van der Waals surface area (Å²) in [6, 6.07) is 10.3. The molecule has 0 aliphatic heterocycles. The topological polar surface area (TPSA) is 45.2 Å². The first kappa shape index (κ1) is 17.4. The molecule has 0 spiro atoms. The van der Waals surface area contributed by atoms with Gasteiger partial charge in [0.2, 0.25) is 5.91 Å². The maximum absolute atomic E-state index is 13.7. The van der Waals surface area contributed by atoms with Gasteiger partial charge in [0.25, 0.3) is 0 Å². The second-order valence-electron chi connectivity index (χ2n) is 5.78. The monoisotopic (exact) mass is 361 g/mol. The molecule has 130 valence electrons. The highest BCUT2D eigenvalue weighted by molar-refractivity contribution is 7.18. The number of anilines is 1. The lowest BCUT2D eigenvalue weighted by Crippen LogP contribution is -2.39. The van der Waals surface area contributed by atoms with E-state index < -0.39 is 23.6 Å². The van der Waals surface area contributed by atoms with E-state index in [1.54, 1.807) is 25.3 Å². The van der Waals surface area contributed by atoms with Gasteiger partial charge in [0.05, 0.1) is 28.5 Å². The minimum absolute atomic E-state index is 0.162. The third kappa shape index (κ3) is 4.00. The number of nitrogens with one attached hydrogen (secondary N) is 1. The van der Waals surface area contributed by atoms with Gasteiger partial charge >= 0.3 is 0 Å². The molecule has 3 aromatic rings. The number of hydrogen-bond acceptors (Lipinski definition) is 4. The first-order chi connectivity index (χ1) is 11.9. The zero-order chi connectivity index (χ0) is 18.0. The molecule has 1 amide bonds. The molecule has 3 rings (SSSR count). The van der Waals surface area contributed by atoms with Crippen LogP contribution in [0.15, 0.2) is 42.5 Å². The van der Waals surface area contributed by atoms with Crippen molar-refractivity contribution >= 4 is 33.1 Å². The number of fused-ring (bicyclic) bond motifs is 1. The van der Waals surface area contributed by atoms with Gasteiger partial charge in [-0.05, 0) is 38.2 Å². The fraction of sp³-hybridized carbons (Fsp3) is 0.222. The van der Waals surface area contributed by atoms with E-state index in [4.69, 9.17) is 0 Å².